The number of aromatic nitrogens is 3. The first-order valence-corrected chi connectivity index (χ1v) is 8.33. The standard InChI is InChI=1S/C14H14ClF3N4O2S/c1-24-5-4-22-8-19-21-13(22)25-7-12(23)20-11-3-2-9(15)6-10(11)14(16,17)18/h2-3,6,8H,4-5,7H2,1H3,(H,20,23). The Kier molecular flexibility index (Phi) is 6.68. The second-order valence-corrected chi connectivity index (χ2v) is 6.20. The summed E-state index contributed by atoms with van der Waals surface area (Å²) in [5.74, 6) is -0.717. The maximum Gasteiger partial charge on any atom is 0.418 e. The summed E-state index contributed by atoms with van der Waals surface area (Å²) in [6, 6.07) is 3.17. The first kappa shape index (κ1) is 19.5. The maximum absolute atomic E-state index is 13.0. The van der Waals surface area contributed by atoms with E-state index >= 15 is 0 Å². The van der Waals surface area contributed by atoms with Crippen LogP contribution >= 0.6 is 23.4 Å². The van der Waals surface area contributed by atoms with Gasteiger partial charge in [0.25, 0.3) is 0 Å². The number of amides is 1. The van der Waals surface area contributed by atoms with Crippen molar-refractivity contribution in [2.75, 3.05) is 24.8 Å². The van der Waals surface area contributed by atoms with Crippen molar-refractivity contribution < 1.29 is 22.7 Å². The second-order valence-electron chi connectivity index (χ2n) is 4.82. The van der Waals surface area contributed by atoms with E-state index in [-0.39, 0.29) is 16.5 Å². The van der Waals surface area contributed by atoms with E-state index < -0.39 is 17.6 Å². The molecule has 0 aliphatic heterocycles. The number of alkyl halides is 3. The third-order valence-corrected chi connectivity index (χ3v) is 4.23. The highest BCUT2D eigenvalue weighted by molar-refractivity contribution is 7.99. The minimum atomic E-state index is -4.62. The van der Waals surface area contributed by atoms with E-state index in [0.717, 1.165) is 23.9 Å². The lowest BCUT2D eigenvalue weighted by Crippen LogP contribution is -2.18. The molecule has 0 bridgehead atoms. The van der Waals surface area contributed by atoms with E-state index in [4.69, 9.17) is 16.3 Å². The van der Waals surface area contributed by atoms with Gasteiger partial charge >= 0.3 is 6.18 Å². The lowest BCUT2D eigenvalue weighted by Gasteiger charge is -2.14. The van der Waals surface area contributed by atoms with E-state index in [2.05, 4.69) is 15.5 Å². The summed E-state index contributed by atoms with van der Waals surface area (Å²) in [5, 5.41) is 10.3. The molecule has 1 amide bonds. The average molecular weight is 395 g/mol. The molecule has 0 saturated heterocycles. The number of halogens is 4. The summed E-state index contributed by atoms with van der Waals surface area (Å²) in [4.78, 5) is 12.0. The highest BCUT2D eigenvalue weighted by Gasteiger charge is 2.34. The van der Waals surface area contributed by atoms with E-state index in [0.29, 0.717) is 18.3 Å². The van der Waals surface area contributed by atoms with Crippen molar-refractivity contribution in [3.63, 3.8) is 0 Å². The molecule has 1 aromatic heterocycles. The largest absolute Gasteiger partial charge is 0.418 e. The second kappa shape index (κ2) is 8.54. The van der Waals surface area contributed by atoms with Crippen LogP contribution < -0.4 is 5.32 Å². The number of thioether (sulfide) groups is 1. The van der Waals surface area contributed by atoms with Crippen LogP contribution in [0.3, 0.4) is 0 Å². The topological polar surface area (TPSA) is 69.0 Å². The van der Waals surface area contributed by atoms with Crippen LogP contribution in [0.15, 0.2) is 29.7 Å². The van der Waals surface area contributed by atoms with Gasteiger partial charge in [-0.05, 0) is 18.2 Å². The molecule has 2 aromatic rings. The van der Waals surface area contributed by atoms with Crippen LogP contribution in [0.25, 0.3) is 0 Å². The Labute approximate surface area is 150 Å². The number of nitrogens with zero attached hydrogens (tertiary/aromatic N) is 3. The van der Waals surface area contributed by atoms with Crippen molar-refractivity contribution >= 4 is 35.0 Å². The Balaban J connectivity index is 2.01. The van der Waals surface area contributed by atoms with Gasteiger partial charge in [-0.15, -0.1) is 10.2 Å². The van der Waals surface area contributed by atoms with Gasteiger partial charge < -0.3 is 14.6 Å². The summed E-state index contributed by atoms with van der Waals surface area (Å²) in [6.45, 7) is 0.945. The molecule has 25 heavy (non-hydrogen) atoms. The van der Waals surface area contributed by atoms with Gasteiger partial charge in [0.05, 0.1) is 23.6 Å². The average Bonchev–Trinajstić information content (AvgIpc) is 2.99. The number of methoxy groups -OCH3 is 1. The van der Waals surface area contributed by atoms with Crippen LogP contribution in [-0.4, -0.2) is 40.1 Å². The van der Waals surface area contributed by atoms with E-state index in [1.165, 1.54) is 12.4 Å². The van der Waals surface area contributed by atoms with Gasteiger partial charge in [0.1, 0.15) is 6.33 Å². The van der Waals surface area contributed by atoms with Crippen LogP contribution in [0.5, 0.6) is 0 Å². The van der Waals surface area contributed by atoms with Gasteiger partial charge in [0.15, 0.2) is 5.16 Å². The molecule has 0 radical (unpaired) electrons. The van der Waals surface area contributed by atoms with Crippen LogP contribution in [0.2, 0.25) is 5.02 Å². The van der Waals surface area contributed by atoms with Crippen LogP contribution in [-0.2, 0) is 22.3 Å². The monoisotopic (exact) mass is 394 g/mol. The predicted molar refractivity (Wildman–Crippen MR) is 87.7 cm³/mol. The fourth-order valence-corrected chi connectivity index (χ4v) is 2.79. The quantitative estimate of drug-likeness (QED) is 0.729. The summed E-state index contributed by atoms with van der Waals surface area (Å²) in [7, 11) is 1.55. The SMILES string of the molecule is COCCn1cnnc1SCC(=O)Nc1ccc(Cl)cc1C(F)(F)F. The third-order valence-electron chi connectivity index (χ3n) is 3.01. The van der Waals surface area contributed by atoms with Crippen molar-refractivity contribution in [1.82, 2.24) is 14.8 Å². The molecule has 6 nitrogen and oxygen atoms in total. The normalized spacial score (nSPS) is 11.6. The maximum atomic E-state index is 13.0. The highest BCUT2D eigenvalue weighted by Crippen LogP contribution is 2.36. The molecule has 1 N–H and O–H groups in total. The molecule has 0 spiro atoms. The number of nitrogens with one attached hydrogen (secondary N) is 1. The van der Waals surface area contributed by atoms with Crippen molar-refractivity contribution in [1.29, 1.82) is 0 Å². The lowest BCUT2D eigenvalue weighted by molar-refractivity contribution is -0.137. The minimum absolute atomic E-state index is 0.0639. The highest BCUT2D eigenvalue weighted by atomic mass is 35.5. The Morgan fingerprint density at radius 2 is 2.20 bits per heavy atom. The summed E-state index contributed by atoms with van der Waals surface area (Å²) in [6.07, 6.45) is -3.14. The van der Waals surface area contributed by atoms with Gasteiger partial charge in [-0.25, -0.2) is 0 Å². The number of carbonyl (C=O) groups excluding carboxylic acids is 1. The molecule has 0 aliphatic rings. The number of rotatable bonds is 7. The number of ether oxygens (including phenoxy) is 1. The smallest absolute Gasteiger partial charge is 0.383 e. The van der Waals surface area contributed by atoms with Crippen LogP contribution in [0.1, 0.15) is 5.56 Å². The zero-order chi connectivity index (χ0) is 18.4. The Morgan fingerprint density at radius 3 is 2.88 bits per heavy atom. The Morgan fingerprint density at radius 1 is 1.44 bits per heavy atom. The Hall–Kier alpha value is -1.78. The zero-order valence-electron chi connectivity index (χ0n) is 13.0. The molecule has 0 saturated carbocycles. The molecule has 0 unspecified atom stereocenters. The number of hydrogen-bond acceptors (Lipinski definition) is 5. The van der Waals surface area contributed by atoms with Crippen LogP contribution in [0.4, 0.5) is 18.9 Å². The molecule has 136 valence electrons. The molecule has 0 atom stereocenters. The number of carbonyl (C=O) groups is 1. The van der Waals surface area contributed by atoms with Gasteiger partial charge in [0.2, 0.25) is 5.91 Å². The fourth-order valence-electron chi connectivity index (χ4n) is 1.88. The van der Waals surface area contributed by atoms with E-state index in [9.17, 15) is 18.0 Å². The van der Waals surface area contributed by atoms with Crippen molar-refractivity contribution in [2.24, 2.45) is 0 Å². The predicted octanol–water partition coefficient (Wildman–Crippen LogP) is 3.33. The lowest BCUT2D eigenvalue weighted by atomic mass is 10.1. The zero-order valence-corrected chi connectivity index (χ0v) is 14.6. The fraction of sp³-hybridized carbons (Fsp3) is 0.357. The molecular weight excluding hydrogens is 381 g/mol. The van der Waals surface area contributed by atoms with Gasteiger partial charge in [-0.2, -0.15) is 13.2 Å². The number of anilines is 1. The van der Waals surface area contributed by atoms with Gasteiger partial charge in [0, 0.05) is 18.7 Å². The number of hydrogen-bond donors (Lipinski definition) is 1. The Bertz CT molecular complexity index is 739. The molecule has 1 aromatic carbocycles. The summed E-state index contributed by atoms with van der Waals surface area (Å²) < 4.78 is 45.7. The first-order valence-electron chi connectivity index (χ1n) is 6.97. The van der Waals surface area contributed by atoms with Crippen molar-refractivity contribution in [2.45, 2.75) is 17.9 Å². The molecule has 0 aliphatic carbocycles. The van der Waals surface area contributed by atoms with Crippen LogP contribution in [0, 0.1) is 0 Å². The molecule has 0 fully saturated rings. The first-order chi connectivity index (χ1) is 11.8. The molecular formula is C14H14ClF3N4O2S. The molecule has 1 heterocycles. The summed E-state index contributed by atoms with van der Waals surface area (Å²) >= 11 is 6.66. The van der Waals surface area contributed by atoms with Gasteiger partial charge in [-0.3, -0.25) is 4.79 Å². The molecule has 11 heteroatoms. The van der Waals surface area contributed by atoms with Gasteiger partial charge in [-0.1, -0.05) is 23.4 Å². The van der Waals surface area contributed by atoms with Crippen molar-refractivity contribution in [3.05, 3.63) is 35.1 Å². The third kappa shape index (κ3) is 5.62. The number of benzene rings is 1. The molecule has 2 rings (SSSR count). The minimum Gasteiger partial charge on any atom is -0.383 e. The van der Waals surface area contributed by atoms with Crippen molar-refractivity contribution in [3.8, 4) is 0 Å². The summed E-state index contributed by atoms with van der Waals surface area (Å²) in [5.41, 5.74) is -1.34. The van der Waals surface area contributed by atoms with E-state index in [1.807, 2.05) is 0 Å². The van der Waals surface area contributed by atoms with E-state index in [1.54, 1.807) is 11.7 Å².